The quantitative estimate of drug-likeness (QED) is 0.338. The molecule has 7 nitrogen and oxygen atoms in total. The van der Waals surface area contributed by atoms with Crippen molar-refractivity contribution in [3.05, 3.63) is 95.7 Å². The molecule has 0 amide bonds. The lowest BCUT2D eigenvalue weighted by atomic mass is 10.0. The Labute approximate surface area is 203 Å². The van der Waals surface area contributed by atoms with E-state index in [2.05, 4.69) is 15.8 Å². The molecule has 2 heterocycles. The molecule has 4 aromatic rings. The van der Waals surface area contributed by atoms with Gasteiger partial charge in [0.25, 0.3) is 0 Å². The number of methoxy groups -OCH3 is 1. The number of hydrogen-bond donors (Lipinski definition) is 1. The van der Waals surface area contributed by atoms with Gasteiger partial charge in [-0.3, -0.25) is 9.78 Å². The first-order valence-electron chi connectivity index (χ1n) is 11.2. The molecule has 182 valence electrons. The van der Waals surface area contributed by atoms with Gasteiger partial charge in [-0.1, -0.05) is 12.1 Å². The number of aryl methyl sites for hydroxylation is 1. The third-order valence-corrected chi connectivity index (χ3v) is 7.24. The van der Waals surface area contributed by atoms with E-state index in [9.17, 15) is 17.6 Å². The van der Waals surface area contributed by atoms with E-state index in [0.29, 0.717) is 19.4 Å². The summed E-state index contributed by atoms with van der Waals surface area (Å²) < 4.78 is 47.5. The topological polar surface area (TPSA) is 90.3 Å². The van der Waals surface area contributed by atoms with Gasteiger partial charge >= 0.3 is 5.97 Å². The lowest BCUT2D eigenvalue weighted by molar-refractivity contribution is -0.140. The molecule has 0 unspecified atom stereocenters. The predicted molar refractivity (Wildman–Crippen MR) is 131 cm³/mol. The number of pyridine rings is 1. The fourth-order valence-electron chi connectivity index (χ4n) is 3.96. The standard InChI is InChI=1S/C26H26FN3O4S/c1-34-26(31)11-14-30-18-21(15-20-3-2-12-28-17-20)24-16-19(4-9-25(24)30)10-13-29-35(32,33)23-7-5-22(27)6-8-23/h2-9,12,16-18,29H,10-11,13-15H2,1H3. The van der Waals surface area contributed by atoms with E-state index >= 15 is 0 Å². The molecule has 0 saturated heterocycles. The lowest BCUT2D eigenvalue weighted by Crippen LogP contribution is -2.26. The molecule has 0 bridgehead atoms. The first kappa shape index (κ1) is 24.6. The number of halogens is 1. The minimum Gasteiger partial charge on any atom is -0.469 e. The molecular weight excluding hydrogens is 469 g/mol. The molecular formula is C26H26FN3O4S. The zero-order chi connectivity index (χ0) is 24.8. The SMILES string of the molecule is COC(=O)CCn1cc(Cc2cccnc2)c2cc(CCNS(=O)(=O)c3ccc(F)cc3)ccc21. The molecule has 0 aliphatic heterocycles. The summed E-state index contributed by atoms with van der Waals surface area (Å²) in [5.41, 5.74) is 4.12. The second kappa shape index (κ2) is 10.8. The maximum absolute atomic E-state index is 13.1. The van der Waals surface area contributed by atoms with Crippen LogP contribution >= 0.6 is 0 Å². The number of sulfonamides is 1. The Morgan fingerprint density at radius 2 is 1.91 bits per heavy atom. The lowest BCUT2D eigenvalue weighted by Gasteiger charge is -2.08. The molecule has 2 aromatic carbocycles. The summed E-state index contributed by atoms with van der Waals surface area (Å²) >= 11 is 0. The van der Waals surface area contributed by atoms with Crippen LogP contribution in [0.4, 0.5) is 4.39 Å². The van der Waals surface area contributed by atoms with Crippen LogP contribution in [0, 0.1) is 5.82 Å². The number of rotatable bonds is 10. The molecule has 1 N–H and O–H groups in total. The van der Waals surface area contributed by atoms with Gasteiger partial charge in [-0.2, -0.15) is 0 Å². The number of nitrogens with one attached hydrogen (secondary N) is 1. The smallest absolute Gasteiger partial charge is 0.307 e. The monoisotopic (exact) mass is 495 g/mol. The Bertz CT molecular complexity index is 1420. The van der Waals surface area contributed by atoms with Gasteiger partial charge in [-0.05, 0) is 65.6 Å². The average Bonchev–Trinajstić information content (AvgIpc) is 3.19. The number of ether oxygens (including phenoxy) is 1. The van der Waals surface area contributed by atoms with E-state index < -0.39 is 15.8 Å². The summed E-state index contributed by atoms with van der Waals surface area (Å²) in [7, 11) is -2.35. The van der Waals surface area contributed by atoms with Crippen LogP contribution in [0.1, 0.15) is 23.1 Å². The highest BCUT2D eigenvalue weighted by molar-refractivity contribution is 7.89. The highest BCUT2D eigenvalue weighted by Gasteiger charge is 2.15. The van der Waals surface area contributed by atoms with Crippen LogP contribution in [0.3, 0.4) is 0 Å². The molecule has 2 aromatic heterocycles. The summed E-state index contributed by atoms with van der Waals surface area (Å²) in [6.45, 7) is 0.694. The number of benzene rings is 2. The van der Waals surface area contributed by atoms with Crippen molar-refractivity contribution in [2.75, 3.05) is 13.7 Å². The Balaban J connectivity index is 1.54. The van der Waals surface area contributed by atoms with E-state index in [0.717, 1.165) is 39.7 Å². The Morgan fingerprint density at radius 1 is 1.11 bits per heavy atom. The summed E-state index contributed by atoms with van der Waals surface area (Å²) in [5.74, 6) is -0.761. The number of fused-ring (bicyclic) bond motifs is 1. The van der Waals surface area contributed by atoms with Gasteiger partial charge in [0.1, 0.15) is 5.82 Å². The van der Waals surface area contributed by atoms with Gasteiger partial charge in [-0.15, -0.1) is 0 Å². The highest BCUT2D eigenvalue weighted by atomic mass is 32.2. The normalized spacial score (nSPS) is 11.6. The molecule has 35 heavy (non-hydrogen) atoms. The second-order valence-electron chi connectivity index (χ2n) is 8.17. The van der Waals surface area contributed by atoms with Gasteiger partial charge in [0.05, 0.1) is 18.4 Å². The maximum Gasteiger partial charge on any atom is 0.307 e. The van der Waals surface area contributed by atoms with Gasteiger partial charge in [0, 0.05) is 49.0 Å². The van der Waals surface area contributed by atoms with Gasteiger partial charge in [0.2, 0.25) is 10.0 Å². The first-order valence-corrected chi connectivity index (χ1v) is 12.7. The highest BCUT2D eigenvalue weighted by Crippen LogP contribution is 2.26. The summed E-state index contributed by atoms with van der Waals surface area (Å²) in [4.78, 5) is 15.9. The Kier molecular flexibility index (Phi) is 7.57. The molecule has 9 heteroatoms. The number of esters is 1. The van der Waals surface area contributed by atoms with Crippen LogP contribution in [0.2, 0.25) is 0 Å². The van der Waals surface area contributed by atoms with Crippen molar-refractivity contribution in [3.63, 3.8) is 0 Å². The van der Waals surface area contributed by atoms with E-state index in [1.165, 1.54) is 19.2 Å². The van der Waals surface area contributed by atoms with E-state index in [4.69, 9.17) is 4.74 Å². The van der Waals surface area contributed by atoms with Crippen LogP contribution in [-0.4, -0.2) is 37.6 Å². The van der Waals surface area contributed by atoms with Crippen molar-refractivity contribution in [1.82, 2.24) is 14.3 Å². The molecule has 0 radical (unpaired) electrons. The van der Waals surface area contributed by atoms with Crippen molar-refractivity contribution in [2.45, 2.75) is 30.7 Å². The zero-order valence-corrected chi connectivity index (χ0v) is 20.1. The molecule has 0 saturated carbocycles. The molecule has 0 spiro atoms. The van der Waals surface area contributed by atoms with Crippen molar-refractivity contribution in [3.8, 4) is 0 Å². The van der Waals surface area contributed by atoms with Crippen LogP contribution in [0.5, 0.6) is 0 Å². The van der Waals surface area contributed by atoms with Gasteiger partial charge in [-0.25, -0.2) is 17.5 Å². The van der Waals surface area contributed by atoms with E-state index in [1.807, 2.05) is 41.2 Å². The predicted octanol–water partition coefficient (Wildman–Crippen LogP) is 3.85. The van der Waals surface area contributed by atoms with Crippen molar-refractivity contribution in [2.24, 2.45) is 0 Å². The average molecular weight is 496 g/mol. The largest absolute Gasteiger partial charge is 0.469 e. The maximum atomic E-state index is 13.1. The van der Waals surface area contributed by atoms with Crippen molar-refractivity contribution < 1.29 is 22.3 Å². The number of carbonyl (C=O) groups excluding carboxylic acids is 1. The first-order chi connectivity index (χ1) is 16.9. The fourth-order valence-corrected chi connectivity index (χ4v) is 4.99. The van der Waals surface area contributed by atoms with Gasteiger partial charge in [0.15, 0.2) is 0 Å². The summed E-state index contributed by atoms with van der Waals surface area (Å²) in [6.07, 6.45) is 7.02. The molecule has 4 rings (SSSR count). The molecule has 0 aliphatic rings. The number of hydrogen-bond acceptors (Lipinski definition) is 5. The minimum absolute atomic E-state index is 0.0239. The van der Waals surface area contributed by atoms with Crippen molar-refractivity contribution in [1.29, 1.82) is 0 Å². The van der Waals surface area contributed by atoms with E-state index in [1.54, 1.807) is 6.20 Å². The summed E-state index contributed by atoms with van der Waals surface area (Å²) in [5, 5.41) is 1.04. The van der Waals surface area contributed by atoms with E-state index in [-0.39, 0.29) is 23.8 Å². The Morgan fingerprint density at radius 3 is 2.63 bits per heavy atom. The van der Waals surface area contributed by atoms with Crippen LogP contribution in [0.25, 0.3) is 10.9 Å². The third kappa shape index (κ3) is 6.12. The van der Waals surface area contributed by atoms with Gasteiger partial charge < -0.3 is 9.30 Å². The molecule has 0 aliphatic carbocycles. The summed E-state index contributed by atoms with van der Waals surface area (Å²) in [6, 6.07) is 14.6. The minimum atomic E-state index is -3.72. The number of aromatic nitrogens is 2. The van der Waals surface area contributed by atoms with Crippen LogP contribution in [0.15, 0.2) is 78.1 Å². The Hall–Kier alpha value is -3.56. The number of nitrogens with zero attached hydrogens (tertiary/aromatic N) is 2. The second-order valence-corrected chi connectivity index (χ2v) is 9.93. The number of carbonyl (C=O) groups is 1. The fraction of sp³-hybridized carbons (Fsp3) is 0.231. The molecule has 0 atom stereocenters. The van der Waals surface area contributed by atoms with Crippen LogP contribution in [-0.2, 0) is 38.9 Å². The molecule has 0 fully saturated rings. The zero-order valence-electron chi connectivity index (χ0n) is 19.3. The third-order valence-electron chi connectivity index (χ3n) is 5.76. The van der Waals surface area contributed by atoms with Crippen LogP contribution < -0.4 is 4.72 Å². The van der Waals surface area contributed by atoms with Crippen molar-refractivity contribution >= 4 is 26.9 Å².